The van der Waals surface area contributed by atoms with E-state index >= 15 is 0 Å². The molecule has 23 heavy (non-hydrogen) atoms. The molecule has 0 aliphatic heterocycles. The highest BCUT2D eigenvalue weighted by Crippen LogP contribution is 2.22. The van der Waals surface area contributed by atoms with Crippen molar-refractivity contribution < 1.29 is 0 Å². The summed E-state index contributed by atoms with van der Waals surface area (Å²) in [5.41, 5.74) is 4.74. The molecule has 0 amide bonds. The van der Waals surface area contributed by atoms with Crippen molar-refractivity contribution >= 4 is 0 Å². The van der Waals surface area contributed by atoms with E-state index in [0.29, 0.717) is 0 Å². The van der Waals surface area contributed by atoms with Crippen LogP contribution < -0.4 is 0 Å². The topological polar surface area (TPSA) is 51.8 Å². The zero-order valence-electron chi connectivity index (χ0n) is 14.0. The van der Waals surface area contributed by atoms with Gasteiger partial charge in [-0.1, -0.05) is 6.07 Å². The van der Waals surface area contributed by atoms with Crippen molar-refractivity contribution in [2.75, 3.05) is 7.05 Å². The first kappa shape index (κ1) is 15.4. The molecule has 1 unspecified atom stereocenters. The quantitative estimate of drug-likeness (QED) is 0.727. The van der Waals surface area contributed by atoms with Gasteiger partial charge in [0.2, 0.25) is 0 Å². The van der Waals surface area contributed by atoms with E-state index in [1.807, 2.05) is 23.0 Å². The van der Waals surface area contributed by atoms with E-state index in [-0.39, 0.29) is 6.04 Å². The molecular weight excluding hydrogens is 288 g/mol. The maximum absolute atomic E-state index is 4.46. The predicted octanol–water partition coefficient (Wildman–Crippen LogP) is 2.60. The lowest BCUT2D eigenvalue weighted by Gasteiger charge is -2.24. The minimum atomic E-state index is 0.258. The van der Waals surface area contributed by atoms with Crippen molar-refractivity contribution in [3.63, 3.8) is 0 Å². The van der Waals surface area contributed by atoms with E-state index in [2.05, 4.69) is 64.7 Å². The molecule has 0 N–H and O–H groups in total. The van der Waals surface area contributed by atoms with Crippen LogP contribution in [-0.4, -0.2) is 36.5 Å². The van der Waals surface area contributed by atoms with Gasteiger partial charge in [-0.25, -0.2) is 4.68 Å². The van der Waals surface area contributed by atoms with Crippen molar-refractivity contribution in [1.29, 1.82) is 0 Å². The van der Waals surface area contributed by atoms with E-state index in [1.165, 1.54) is 11.3 Å². The number of rotatable bonds is 5. The minimum Gasteiger partial charge on any atom is -0.294 e. The molecule has 0 aromatic carbocycles. The van der Waals surface area contributed by atoms with Crippen LogP contribution in [-0.2, 0) is 6.54 Å². The summed E-state index contributed by atoms with van der Waals surface area (Å²) in [5.74, 6) is 0. The molecule has 0 spiro atoms. The van der Waals surface area contributed by atoms with Crippen LogP contribution in [0.5, 0.6) is 0 Å². The zero-order valence-corrected chi connectivity index (χ0v) is 14.0. The molecule has 120 valence electrons. The fourth-order valence-corrected chi connectivity index (χ4v) is 2.89. The van der Waals surface area contributed by atoms with Gasteiger partial charge in [0.1, 0.15) is 12.7 Å². The SMILES string of the molecule is Cc1cc(CN(C)C(C)c2ccccn2)c(C)n1-n1cnnc1. The Labute approximate surface area is 136 Å². The second-order valence-corrected chi connectivity index (χ2v) is 5.90. The average Bonchev–Trinajstić information content (AvgIpc) is 3.16. The summed E-state index contributed by atoms with van der Waals surface area (Å²) < 4.78 is 4.02. The van der Waals surface area contributed by atoms with Crippen LogP contribution in [0.1, 0.15) is 35.6 Å². The second kappa shape index (κ2) is 6.34. The molecule has 0 aliphatic carbocycles. The molecule has 0 bridgehead atoms. The van der Waals surface area contributed by atoms with Crippen LogP contribution >= 0.6 is 0 Å². The molecule has 0 saturated carbocycles. The van der Waals surface area contributed by atoms with Crippen LogP contribution in [0.2, 0.25) is 0 Å². The second-order valence-electron chi connectivity index (χ2n) is 5.90. The van der Waals surface area contributed by atoms with Gasteiger partial charge in [0.05, 0.1) is 5.69 Å². The van der Waals surface area contributed by atoms with Gasteiger partial charge < -0.3 is 0 Å². The Bertz CT molecular complexity index is 760. The predicted molar refractivity (Wildman–Crippen MR) is 88.8 cm³/mol. The smallest absolute Gasteiger partial charge is 0.139 e. The fraction of sp³-hybridized carbons (Fsp3) is 0.353. The van der Waals surface area contributed by atoms with E-state index < -0.39 is 0 Å². The molecule has 6 nitrogen and oxygen atoms in total. The van der Waals surface area contributed by atoms with Crippen LogP contribution in [0.4, 0.5) is 0 Å². The molecule has 3 aromatic heterocycles. The lowest BCUT2D eigenvalue weighted by molar-refractivity contribution is 0.248. The van der Waals surface area contributed by atoms with Crippen LogP contribution in [0, 0.1) is 13.8 Å². The van der Waals surface area contributed by atoms with Gasteiger partial charge in [-0.2, -0.15) is 0 Å². The molecular formula is C17H22N6. The normalized spacial score (nSPS) is 12.7. The standard InChI is InChI=1S/C17H22N6/c1-13-9-16(14(2)23(13)22-11-19-20-12-22)10-21(4)15(3)17-7-5-6-8-18-17/h5-9,11-12,15H,10H2,1-4H3. The number of hydrogen-bond donors (Lipinski definition) is 0. The molecule has 0 saturated heterocycles. The highest BCUT2D eigenvalue weighted by atomic mass is 15.5. The lowest BCUT2D eigenvalue weighted by atomic mass is 10.1. The number of nitrogens with zero attached hydrogens (tertiary/aromatic N) is 6. The van der Waals surface area contributed by atoms with Crippen molar-refractivity contribution in [3.05, 3.63) is 65.8 Å². The summed E-state index contributed by atoms with van der Waals surface area (Å²) in [6.45, 7) is 7.27. The van der Waals surface area contributed by atoms with Crippen LogP contribution in [0.15, 0.2) is 43.1 Å². The third kappa shape index (κ3) is 3.03. The van der Waals surface area contributed by atoms with Crippen LogP contribution in [0.25, 0.3) is 0 Å². The molecule has 0 radical (unpaired) electrons. The van der Waals surface area contributed by atoms with Gasteiger partial charge in [0.25, 0.3) is 0 Å². The van der Waals surface area contributed by atoms with Gasteiger partial charge in [0, 0.05) is 30.2 Å². The minimum absolute atomic E-state index is 0.258. The van der Waals surface area contributed by atoms with Crippen LogP contribution in [0.3, 0.4) is 0 Å². The van der Waals surface area contributed by atoms with E-state index in [4.69, 9.17) is 0 Å². The molecule has 1 atom stereocenters. The van der Waals surface area contributed by atoms with Crippen molar-refractivity contribution in [2.24, 2.45) is 0 Å². The Kier molecular flexibility index (Phi) is 4.25. The highest BCUT2D eigenvalue weighted by Gasteiger charge is 2.17. The summed E-state index contributed by atoms with van der Waals surface area (Å²) in [7, 11) is 2.13. The Balaban J connectivity index is 1.82. The summed E-state index contributed by atoms with van der Waals surface area (Å²) in [4.78, 5) is 6.77. The monoisotopic (exact) mass is 310 g/mol. The highest BCUT2D eigenvalue weighted by molar-refractivity contribution is 5.27. The van der Waals surface area contributed by atoms with E-state index in [0.717, 1.165) is 17.9 Å². The lowest BCUT2D eigenvalue weighted by Crippen LogP contribution is -2.23. The molecule has 3 heterocycles. The number of hydrogen-bond acceptors (Lipinski definition) is 4. The summed E-state index contributed by atoms with van der Waals surface area (Å²) in [6.07, 6.45) is 5.27. The maximum atomic E-state index is 4.46. The van der Waals surface area contributed by atoms with Gasteiger partial charge in [-0.05, 0) is 51.6 Å². The summed E-state index contributed by atoms with van der Waals surface area (Å²) in [6, 6.07) is 8.53. The third-order valence-corrected chi connectivity index (χ3v) is 4.33. The number of aryl methyl sites for hydroxylation is 1. The summed E-state index contributed by atoms with van der Waals surface area (Å²) in [5, 5.41) is 7.78. The number of aromatic nitrogens is 5. The molecule has 0 aliphatic rings. The van der Waals surface area contributed by atoms with Crippen molar-refractivity contribution in [3.8, 4) is 0 Å². The average molecular weight is 310 g/mol. The molecule has 0 fully saturated rings. The van der Waals surface area contributed by atoms with E-state index in [9.17, 15) is 0 Å². The maximum Gasteiger partial charge on any atom is 0.139 e. The Morgan fingerprint density at radius 2 is 1.91 bits per heavy atom. The van der Waals surface area contributed by atoms with Gasteiger partial charge in [0.15, 0.2) is 0 Å². The Morgan fingerprint density at radius 1 is 1.17 bits per heavy atom. The molecule has 3 rings (SSSR count). The van der Waals surface area contributed by atoms with Gasteiger partial charge >= 0.3 is 0 Å². The first-order valence-corrected chi connectivity index (χ1v) is 7.72. The Morgan fingerprint density at radius 3 is 2.57 bits per heavy atom. The van der Waals surface area contributed by atoms with Gasteiger partial charge in [-0.3, -0.25) is 14.6 Å². The third-order valence-electron chi connectivity index (χ3n) is 4.33. The first-order valence-electron chi connectivity index (χ1n) is 7.72. The number of pyridine rings is 1. The molecule has 3 aromatic rings. The molecule has 6 heteroatoms. The first-order chi connectivity index (χ1) is 11.1. The zero-order chi connectivity index (χ0) is 16.4. The van der Waals surface area contributed by atoms with Gasteiger partial charge in [-0.15, -0.1) is 10.2 Å². The van der Waals surface area contributed by atoms with E-state index in [1.54, 1.807) is 12.7 Å². The largest absolute Gasteiger partial charge is 0.294 e. The van der Waals surface area contributed by atoms with Crippen molar-refractivity contribution in [1.82, 2.24) is 29.4 Å². The fourth-order valence-electron chi connectivity index (χ4n) is 2.89. The van der Waals surface area contributed by atoms with Crippen molar-refractivity contribution in [2.45, 2.75) is 33.4 Å². The Hall–Kier alpha value is -2.47. The summed E-state index contributed by atoms with van der Waals surface area (Å²) >= 11 is 0.